The average molecular weight is 450 g/mol. The SMILES string of the molecule is Cc1cccc(C(=O)N/N=C2\CCCc3oc(C(=O)Nc4ccc(C)c(Cl)c4)c(C)c32)c1. The molecule has 2 aromatic carbocycles. The van der Waals surface area contributed by atoms with Crippen LogP contribution in [0.4, 0.5) is 5.69 Å². The van der Waals surface area contributed by atoms with Crippen LogP contribution in [0.15, 0.2) is 52.0 Å². The van der Waals surface area contributed by atoms with E-state index in [9.17, 15) is 9.59 Å². The summed E-state index contributed by atoms with van der Waals surface area (Å²) in [5, 5.41) is 7.80. The molecular weight excluding hydrogens is 426 g/mol. The van der Waals surface area contributed by atoms with E-state index in [0.717, 1.165) is 23.1 Å². The number of halogens is 1. The van der Waals surface area contributed by atoms with Crippen LogP contribution in [-0.4, -0.2) is 17.5 Å². The molecule has 0 saturated carbocycles. The van der Waals surface area contributed by atoms with Crippen LogP contribution >= 0.6 is 11.6 Å². The second-order valence-electron chi connectivity index (χ2n) is 7.99. The molecule has 6 nitrogen and oxygen atoms in total. The van der Waals surface area contributed by atoms with E-state index in [-0.39, 0.29) is 17.6 Å². The van der Waals surface area contributed by atoms with Crippen LogP contribution in [0.25, 0.3) is 0 Å². The third-order valence-corrected chi connectivity index (χ3v) is 5.94. The maximum atomic E-state index is 12.9. The Kier molecular flexibility index (Phi) is 6.15. The molecule has 1 aliphatic carbocycles. The molecule has 1 aromatic heterocycles. The van der Waals surface area contributed by atoms with Crippen molar-refractivity contribution in [3.8, 4) is 0 Å². The highest BCUT2D eigenvalue weighted by Gasteiger charge is 2.28. The molecule has 2 N–H and O–H groups in total. The Morgan fingerprint density at radius 1 is 1.03 bits per heavy atom. The predicted molar refractivity (Wildman–Crippen MR) is 126 cm³/mol. The molecule has 0 bridgehead atoms. The van der Waals surface area contributed by atoms with Gasteiger partial charge in [-0.05, 0) is 63.4 Å². The van der Waals surface area contributed by atoms with E-state index < -0.39 is 0 Å². The van der Waals surface area contributed by atoms with Crippen LogP contribution in [0.3, 0.4) is 0 Å². The molecule has 1 heterocycles. The smallest absolute Gasteiger partial charge is 0.291 e. The van der Waals surface area contributed by atoms with Gasteiger partial charge in [-0.15, -0.1) is 0 Å². The standard InChI is InChI=1S/C25H24ClN3O3/c1-14-6-4-7-17(12-14)24(30)29-28-20-8-5-9-21-22(20)16(3)23(32-21)25(31)27-18-11-10-15(2)19(26)13-18/h4,6-7,10-13H,5,8-9H2,1-3H3,(H,27,31)(H,29,30)/b28-20+. The number of nitrogens with zero attached hydrogens (tertiary/aromatic N) is 1. The number of carbonyl (C=O) groups is 2. The first kappa shape index (κ1) is 21.8. The Morgan fingerprint density at radius 3 is 2.59 bits per heavy atom. The quantitative estimate of drug-likeness (QED) is 0.510. The monoisotopic (exact) mass is 449 g/mol. The number of hydrogen-bond acceptors (Lipinski definition) is 4. The number of nitrogens with one attached hydrogen (secondary N) is 2. The lowest BCUT2D eigenvalue weighted by Gasteiger charge is -2.13. The number of fused-ring (bicyclic) bond motifs is 1. The number of anilines is 1. The van der Waals surface area contributed by atoms with Gasteiger partial charge in [-0.2, -0.15) is 5.10 Å². The van der Waals surface area contributed by atoms with E-state index >= 15 is 0 Å². The lowest BCUT2D eigenvalue weighted by Crippen LogP contribution is -2.22. The molecule has 0 saturated heterocycles. The summed E-state index contributed by atoms with van der Waals surface area (Å²) < 4.78 is 5.92. The van der Waals surface area contributed by atoms with Gasteiger partial charge in [0.25, 0.3) is 11.8 Å². The van der Waals surface area contributed by atoms with E-state index in [1.54, 1.807) is 18.2 Å². The van der Waals surface area contributed by atoms with E-state index in [1.165, 1.54) is 0 Å². The van der Waals surface area contributed by atoms with Gasteiger partial charge in [0, 0.05) is 33.8 Å². The molecule has 1 aliphatic rings. The zero-order chi connectivity index (χ0) is 22.8. The van der Waals surface area contributed by atoms with Crippen molar-refractivity contribution in [1.29, 1.82) is 0 Å². The third kappa shape index (κ3) is 4.46. The summed E-state index contributed by atoms with van der Waals surface area (Å²) in [5.74, 6) is 0.333. The van der Waals surface area contributed by atoms with Crippen LogP contribution in [0.2, 0.25) is 5.02 Å². The number of aryl methyl sites for hydroxylation is 3. The van der Waals surface area contributed by atoms with Crippen molar-refractivity contribution in [2.45, 2.75) is 40.0 Å². The molecule has 32 heavy (non-hydrogen) atoms. The minimum absolute atomic E-state index is 0.242. The van der Waals surface area contributed by atoms with Crippen molar-refractivity contribution in [3.05, 3.63) is 86.8 Å². The van der Waals surface area contributed by atoms with Gasteiger partial charge in [-0.3, -0.25) is 9.59 Å². The zero-order valence-corrected chi connectivity index (χ0v) is 19.0. The maximum absolute atomic E-state index is 12.9. The van der Waals surface area contributed by atoms with Gasteiger partial charge in [-0.1, -0.05) is 35.4 Å². The van der Waals surface area contributed by atoms with Crippen molar-refractivity contribution in [1.82, 2.24) is 5.43 Å². The molecule has 0 spiro atoms. The van der Waals surface area contributed by atoms with Crippen molar-refractivity contribution in [2.24, 2.45) is 5.10 Å². The number of rotatable bonds is 4. The molecule has 0 radical (unpaired) electrons. The second-order valence-corrected chi connectivity index (χ2v) is 8.40. The second kappa shape index (κ2) is 9.01. The molecule has 0 unspecified atom stereocenters. The summed E-state index contributed by atoms with van der Waals surface area (Å²) in [6.45, 7) is 5.67. The molecule has 164 valence electrons. The number of furan rings is 1. The fourth-order valence-electron chi connectivity index (χ4n) is 3.82. The lowest BCUT2D eigenvalue weighted by molar-refractivity contribution is 0.0953. The largest absolute Gasteiger partial charge is 0.455 e. The number of benzene rings is 2. The molecular formula is C25H24ClN3O3. The molecule has 2 amide bonds. The van der Waals surface area contributed by atoms with Crippen molar-refractivity contribution in [2.75, 3.05) is 5.32 Å². The van der Waals surface area contributed by atoms with Gasteiger partial charge >= 0.3 is 0 Å². The predicted octanol–water partition coefficient (Wildman–Crippen LogP) is 5.58. The van der Waals surface area contributed by atoms with Gasteiger partial charge in [0.05, 0.1) is 5.71 Å². The van der Waals surface area contributed by atoms with Crippen LogP contribution in [0, 0.1) is 20.8 Å². The fraction of sp³-hybridized carbons (Fsp3) is 0.240. The zero-order valence-electron chi connectivity index (χ0n) is 18.2. The average Bonchev–Trinajstić information content (AvgIpc) is 3.12. The summed E-state index contributed by atoms with van der Waals surface area (Å²) in [7, 11) is 0. The number of hydrazone groups is 1. The highest BCUT2D eigenvalue weighted by atomic mass is 35.5. The number of carbonyl (C=O) groups excluding carboxylic acids is 2. The summed E-state index contributed by atoms with van der Waals surface area (Å²) in [6.07, 6.45) is 2.23. The van der Waals surface area contributed by atoms with Gasteiger partial charge in [0.15, 0.2) is 5.76 Å². The minimum Gasteiger partial charge on any atom is -0.455 e. The molecule has 3 aromatic rings. The first-order valence-electron chi connectivity index (χ1n) is 10.5. The first-order valence-corrected chi connectivity index (χ1v) is 10.8. The summed E-state index contributed by atoms with van der Waals surface area (Å²) in [4.78, 5) is 25.4. The number of hydrogen-bond donors (Lipinski definition) is 2. The maximum Gasteiger partial charge on any atom is 0.291 e. The van der Waals surface area contributed by atoms with Crippen LogP contribution < -0.4 is 10.7 Å². The Morgan fingerprint density at radius 2 is 1.84 bits per heavy atom. The van der Waals surface area contributed by atoms with Crippen LogP contribution in [0.1, 0.15) is 61.8 Å². The van der Waals surface area contributed by atoms with Crippen LogP contribution in [0.5, 0.6) is 0 Å². The van der Waals surface area contributed by atoms with E-state index in [0.29, 0.717) is 46.2 Å². The molecule has 4 rings (SSSR count). The van der Waals surface area contributed by atoms with Gasteiger partial charge in [-0.25, -0.2) is 5.43 Å². The first-order chi connectivity index (χ1) is 15.3. The van der Waals surface area contributed by atoms with Gasteiger partial charge in [0.1, 0.15) is 5.76 Å². The van der Waals surface area contributed by atoms with E-state index in [1.807, 2.05) is 45.0 Å². The molecule has 0 aliphatic heterocycles. The highest BCUT2D eigenvalue weighted by Crippen LogP contribution is 2.30. The Balaban J connectivity index is 1.57. The topological polar surface area (TPSA) is 83.7 Å². The molecule has 0 atom stereocenters. The normalized spacial score (nSPS) is 14.2. The van der Waals surface area contributed by atoms with Gasteiger partial charge < -0.3 is 9.73 Å². The molecule has 7 heteroatoms. The Hall–Kier alpha value is -3.38. The van der Waals surface area contributed by atoms with E-state index in [2.05, 4.69) is 15.8 Å². The third-order valence-electron chi connectivity index (χ3n) is 5.53. The minimum atomic E-state index is -0.347. The van der Waals surface area contributed by atoms with E-state index in [4.69, 9.17) is 16.0 Å². The molecule has 0 fully saturated rings. The lowest BCUT2D eigenvalue weighted by atomic mass is 9.93. The highest BCUT2D eigenvalue weighted by molar-refractivity contribution is 6.31. The number of amides is 2. The Labute approximate surface area is 191 Å². The van der Waals surface area contributed by atoms with Gasteiger partial charge in [0.2, 0.25) is 0 Å². The van der Waals surface area contributed by atoms with Crippen LogP contribution in [-0.2, 0) is 6.42 Å². The summed E-state index contributed by atoms with van der Waals surface area (Å²) in [5.41, 5.74) is 7.94. The Bertz CT molecular complexity index is 1240. The van der Waals surface area contributed by atoms with Crippen molar-refractivity contribution >= 4 is 34.8 Å². The summed E-state index contributed by atoms with van der Waals surface area (Å²) >= 11 is 6.16. The van der Waals surface area contributed by atoms with Crippen molar-refractivity contribution in [3.63, 3.8) is 0 Å². The summed E-state index contributed by atoms with van der Waals surface area (Å²) in [6, 6.07) is 12.7. The van der Waals surface area contributed by atoms with Crippen molar-refractivity contribution < 1.29 is 14.0 Å². The fourth-order valence-corrected chi connectivity index (χ4v) is 4.00.